The van der Waals surface area contributed by atoms with Crippen LogP contribution in [0.25, 0.3) is 0 Å². The van der Waals surface area contributed by atoms with Gasteiger partial charge in [-0.3, -0.25) is 4.99 Å². The summed E-state index contributed by atoms with van der Waals surface area (Å²) in [4.78, 5) is 7.16. The predicted octanol–water partition coefficient (Wildman–Crippen LogP) is 1.70. The molecule has 1 fully saturated rings. The van der Waals surface area contributed by atoms with Crippen LogP contribution in [0.15, 0.2) is 4.99 Å². The van der Waals surface area contributed by atoms with Crippen molar-refractivity contribution in [3.05, 3.63) is 0 Å². The minimum absolute atomic E-state index is 0.706. The van der Waals surface area contributed by atoms with E-state index in [2.05, 4.69) is 29.5 Å². The first-order valence-electron chi connectivity index (χ1n) is 8.54. The molecular formula is C16H34N4O. The number of guanidine groups is 1. The Hall–Kier alpha value is -0.810. The van der Waals surface area contributed by atoms with Gasteiger partial charge in [-0.05, 0) is 59.0 Å². The van der Waals surface area contributed by atoms with Gasteiger partial charge in [-0.15, -0.1) is 0 Å². The van der Waals surface area contributed by atoms with Gasteiger partial charge in [0.05, 0.1) is 0 Å². The first-order valence-corrected chi connectivity index (χ1v) is 8.54. The molecule has 124 valence electrons. The number of rotatable bonds is 9. The lowest BCUT2D eigenvalue weighted by atomic mass is 9.99. The number of nitrogens with one attached hydrogen (secondary N) is 2. The summed E-state index contributed by atoms with van der Waals surface area (Å²) in [6, 6.07) is 0. The lowest BCUT2D eigenvalue weighted by Gasteiger charge is -2.28. The highest BCUT2D eigenvalue weighted by atomic mass is 16.5. The van der Waals surface area contributed by atoms with Crippen LogP contribution in [0.5, 0.6) is 0 Å². The van der Waals surface area contributed by atoms with Gasteiger partial charge in [-0.1, -0.05) is 0 Å². The molecule has 0 aromatic rings. The van der Waals surface area contributed by atoms with Crippen LogP contribution in [0.2, 0.25) is 0 Å². The fraction of sp³-hybridized carbons (Fsp3) is 0.938. The third kappa shape index (κ3) is 8.94. The number of likely N-dealkylation sites (tertiary alicyclic amines) is 1. The maximum atomic E-state index is 5.35. The molecule has 0 aliphatic carbocycles. The molecule has 1 atom stereocenters. The molecule has 1 aliphatic heterocycles. The van der Waals surface area contributed by atoms with E-state index in [1.807, 2.05) is 6.92 Å². The molecule has 21 heavy (non-hydrogen) atoms. The summed E-state index contributed by atoms with van der Waals surface area (Å²) in [5, 5.41) is 6.75. The van der Waals surface area contributed by atoms with Crippen molar-refractivity contribution in [3.8, 4) is 0 Å². The second-order valence-corrected chi connectivity index (χ2v) is 5.82. The molecule has 0 aromatic heterocycles. The van der Waals surface area contributed by atoms with E-state index < -0.39 is 0 Å². The average Bonchev–Trinajstić information content (AvgIpc) is 2.48. The van der Waals surface area contributed by atoms with E-state index in [1.54, 1.807) is 0 Å². The van der Waals surface area contributed by atoms with Gasteiger partial charge in [0, 0.05) is 39.4 Å². The normalized spacial score (nSPS) is 20.5. The summed E-state index contributed by atoms with van der Waals surface area (Å²) in [6.07, 6.45) is 4.84. The predicted molar refractivity (Wildman–Crippen MR) is 89.9 cm³/mol. The number of hydrogen-bond donors (Lipinski definition) is 2. The number of aliphatic imine (C=N–C) groups is 1. The number of unbranched alkanes of at least 4 members (excludes halogenated alkanes) is 1. The Morgan fingerprint density at radius 2 is 2.14 bits per heavy atom. The van der Waals surface area contributed by atoms with Crippen molar-refractivity contribution in [1.82, 2.24) is 15.5 Å². The Morgan fingerprint density at radius 1 is 1.29 bits per heavy atom. The lowest BCUT2D eigenvalue weighted by molar-refractivity contribution is 0.143. The quantitative estimate of drug-likeness (QED) is 0.386. The third-order valence-corrected chi connectivity index (χ3v) is 3.79. The zero-order valence-corrected chi connectivity index (χ0v) is 14.2. The molecule has 5 nitrogen and oxygen atoms in total. The molecule has 0 radical (unpaired) electrons. The minimum atomic E-state index is 0.706. The van der Waals surface area contributed by atoms with Crippen LogP contribution in [0.4, 0.5) is 0 Å². The first-order chi connectivity index (χ1) is 10.3. The fourth-order valence-corrected chi connectivity index (χ4v) is 2.66. The van der Waals surface area contributed by atoms with Crippen molar-refractivity contribution >= 4 is 5.96 Å². The zero-order valence-electron chi connectivity index (χ0n) is 14.2. The summed E-state index contributed by atoms with van der Waals surface area (Å²) < 4.78 is 5.35. The average molecular weight is 298 g/mol. The van der Waals surface area contributed by atoms with E-state index in [0.717, 1.165) is 51.6 Å². The van der Waals surface area contributed by atoms with Crippen LogP contribution < -0.4 is 10.6 Å². The molecule has 0 spiro atoms. The van der Waals surface area contributed by atoms with Gasteiger partial charge in [0.1, 0.15) is 0 Å². The van der Waals surface area contributed by atoms with Gasteiger partial charge < -0.3 is 20.3 Å². The SMILES string of the molecule is CCNC(=NCC1CCCN(C)C1)NCCCCOCC. The zero-order chi connectivity index (χ0) is 15.3. The van der Waals surface area contributed by atoms with E-state index in [9.17, 15) is 0 Å². The van der Waals surface area contributed by atoms with Crippen LogP contribution >= 0.6 is 0 Å². The Balaban J connectivity index is 2.22. The second-order valence-electron chi connectivity index (χ2n) is 5.82. The molecule has 0 amide bonds. The van der Waals surface area contributed by atoms with Gasteiger partial charge in [0.2, 0.25) is 0 Å². The molecule has 1 rings (SSSR count). The van der Waals surface area contributed by atoms with Crippen molar-refractivity contribution in [2.45, 2.75) is 39.5 Å². The molecule has 5 heteroatoms. The molecule has 1 aliphatic rings. The van der Waals surface area contributed by atoms with Gasteiger partial charge in [0.15, 0.2) is 5.96 Å². The van der Waals surface area contributed by atoms with E-state index in [0.29, 0.717) is 5.92 Å². The van der Waals surface area contributed by atoms with Gasteiger partial charge in [-0.25, -0.2) is 0 Å². The Morgan fingerprint density at radius 3 is 2.86 bits per heavy atom. The van der Waals surface area contributed by atoms with Crippen LogP contribution in [-0.4, -0.2) is 63.8 Å². The molecule has 1 unspecified atom stereocenters. The van der Waals surface area contributed by atoms with Crippen LogP contribution in [-0.2, 0) is 4.74 Å². The van der Waals surface area contributed by atoms with Crippen LogP contribution in [0.1, 0.15) is 39.5 Å². The molecule has 2 N–H and O–H groups in total. The maximum absolute atomic E-state index is 5.35. The van der Waals surface area contributed by atoms with Crippen LogP contribution in [0.3, 0.4) is 0 Å². The van der Waals surface area contributed by atoms with E-state index in [4.69, 9.17) is 9.73 Å². The van der Waals surface area contributed by atoms with Gasteiger partial charge >= 0.3 is 0 Å². The summed E-state index contributed by atoms with van der Waals surface area (Å²) in [5.74, 6) is 1.67. The Kier molecular flexibility index (Phi) is 10.3. The summed E-state index contributed by atoms with van der Waals surface area (Å²) in [5.41, 5.74) is 0. The highest BCUT2D eigenvalue weighted by molar-refractivity contribution is 5.79. The summed E-state index contributed by atoms with van der Waals surface area (Å²) in [6.45, 7) is 11.0. The van der Waals surface area contributed by atoms with Crippen LogP contribution in [0, 0.1) is 5.92 Å². The first kappa shape index (κ1) is 18.2. The third-order valence-electron chi connectivity index (χ3n) is 3.79. The molecule has 1 heterocycles. The second kappa shape index (κ2) is 11.8. The molecule has 0 bridgehead atoms. The highest BCUT2D eigenvalue weighted by Gasteiger charge is 2.16. The summed E-state index contributed by atoms with van der Waals surface area (Å²) in [7, 11) is 2.21. The Bertz CT molecular complexity index is 283. The summed E-state index contributed by atoms with van der Waals surface area (Å²) >= 11 is 0. The molecule has 0 aromatic carbocycles. The van der Waals surface area contributed by atoms with E-state index >= 15 is 0 Å². The topological polar surface area (TPSA) is 48.9 Å². The highest BCUT2D eigenvalue weighted by Crippen LogP contribution is 2.14. The number of ether oxygens (including phenoxy) is 1. The van der Waals surface area contributed by atoms with Crippen molar-refractivity contribution in [2.75, 3.05) is 53.0 Å². The smallest absolute Gasteiger partial charge is 0.191 e. The number of nitrogens with zero attached hydrogens (tertiary/aromatic N) is 2. The van der Waals surface area contributed by atoms with Crippen molar-refractivity contribution < 1.29 is 4.74 Å². The monoisotopic (exact) mass is 298 g/mol. The number of piperidine rings is 1. The van der Waals surface area contributed by atoms with Crippen molar-refractivity contribution in [3.63, 3.8) is 0 Å². The number of hydrogen-bond acceptors (Lipinski definition) is 3. The fourth-order valence-electron chi connectivity index (χ4n) is 2.66. The van der Waals surface area contributed by atoms with Gasteiger partial charge in [-0.2, -0.15) is 0 Å². The Labute approximate surface area is 130 Å². The molecular weight excluding hydrogens is 264 g/mol. The standard InChI is InChI=1S/C16H34N4O/c1-4-17-16(18-10-6-7-12-21-5-2)19-13-15-9-8-11-20(3)14-15/h15H,4-14H2,1-3H3,(H2,17,18,19). The molecule has 0 saturated carbocycles. The maximum Gasteiger partial charge on any atom is 0.191 e. The van der Waals surface area contributed by atoms with E-state index in [1.165, 1.54) is 25.9 Å². The van der Waals surface area contributed by atoms with Crippen molar-refractivity contribution in [1.29, 1.82) is 0 Å². The molecule has 1 saturated heterocycles. The largest absolute Gasteiger partial charge is 0.382 e. The van der Waals surface area contributed by atoms with Gasteiger partial charge in [0.25, 0.3) is 0 Å². The minimum Gasteiger partial charge on any atom is -0.382 e. The van der Waals surface area contributed by atoms with Crippen molar-refractivity contribution in [2.24, 2.45) is 10.9 Å². The van der Waals surface area contributed by atoms with E-state index in [-0.39, 0.29) is 0 Å². The lowest BCUT2D eigenvalue weighted by Crippen LogP contribution is -2.39.